The first kappa shape index (κ1) is 13.1. The van der Waals surface area contributed by atoms with Gasteiger partial charge in [-0.3, -0.25) is 4.79 Å². The van der Waals surface area contributed by atoms with Gasteiger partial charge in [0.2, 0.25) is 0 Å². The summed E-state index contributed by atoms with van der Waals surface area (Å²) in [4.78, 5) is 10.8. The SMILES string of the molecule is CCOC(=O)CCCCC(C)=C(F)F. The number of carbonyl (C=O) groups is 1. The molecule has 0 atom stereocenters. The Bertz CT molecular complexity index is 208. The molecule has 0 radical (unpaired) electrons. The molecule has 0 N–H and O–H groups in total. The van der Waals surface area contributed by atoms with Gasteiger partial charge in [0, 0.05) is 6.42 Å². The van der Waals surface area contributed by atoms with E-state index >= 15 is 0 Å². The number of esters is 1. The molecule has 14 heavy (non-hydrogen) atoms. The Morgan fingerprint density at radius 2 is 1.79 bits per heavy atom. The van der Waals surface area contributed by atoms with E-state index in [-0.39, 0.29) is 11.5 Å². The van der Waals surface area contributed by atoms with Crippen LogP contribution >= 0.6 is 0 Å². The Balaban J connectivity index is 3.47. The van der Waals surface area contributed by atoms with Gasteiger partial charge in [-0.15, -0.1) is 0 Å². The molecule has 0 aromatic heterocycles. The Labute approximate surface area is 82.9 Å². The van der Waals surface area contributed by atoms with E-state index < -0.39 is 6.08 Å². The number of halogens is 2. The molecule has 0 saturated heterocycles. The molecule has 0 aliphatic carbocycles. The lowest BCUT2D eigenvalue weighted by Crippen LogP contribution is -2.03. The summed E-state index contributed by atoms with van der Waals surface area (Å²) in [6.45, 7) is 3.51. The Hall–Kier alpha value is -0.930. The lowest BCUT2D eigenvalue weighted by Gasteiger charge is -2.01. The van der Waals surface area contributed by atoms with Gasteiger partial charge in [-0.2, -0.15) is 8.78 Å². The first-order valence-electron chi connectivity index (χ1n) is 4.74. The fourth-order valence-corrected chi connectivity index (χ4v) is 0.987. The van der Waals surface area contributed by atoms with Crippen molar-refractivity contribution in [1.29, 1.82) is 0 Å². The minimum absolute atomic E-state index is 0.105. The third-order valence-corrected chi connectivity index (χ3v) is 1.81. The molecule has 0 fully saturated rings. The van der Waals surface area contributed by atoms with Gasteiger partial charge in [-0.1, -0.05) is 0 Å². The average molecular weight is 206 g/mol. The van der Waals surface area contributed by atoms with Crippen molar-refractivity contribution in [2.75, 3.05) is 6.61 Å². The minimum Gasteiger partial charge on any atom is -0.466 e. The van der Waals surface area contributed by atoms with Crippen LogP contribution in [0.2, 0.25) is 0 Å². The van der Waals surface area contributed by atoms with E-state index in [4.69, 9.17) is 4.74 Å². The largest absolute Gasteiger partial charge is 0.466 e. The predicted octanol–water partition coefficient (Wildman–Crippen LogP) is 3.28. The molecule has 82 valence electrons. The fraction of sp³-hybridized carbons (Fsp3) is 0.700. The van der Waals surface area contributed by atoms with E-state index in [1.807, 2.05) is 0 Å². The van der Waals surface area contributed by atoms with E-state index in [9.17, 15) is 13.6 Å². The van der Waals surface area contributed by atoms with Crippen LogP contribution in [0.4, 0.5) is 8.78 Å². The summed E-state index contributed by atoms with van der Waals surface area (Å²) in [6.07, 6.45) is 0.253. The molecular weight excluding hydrogens is 190 g/mol. The molecule has 0 saturated carbocycles. The van der Waals surface area contributed by atoms with Crippen LogP contribution in [0.25, 0.3) is 0 Å². The van der Waals surface area contributed by atoms with Crippen molar-refractivity contribution in [2.45, 2.75) is 39.5 Å². The highest BCUT2D eigenvalue weighted by Gasteiger charge is 2.03. The highest BCUT2D eigenvalue weighted by molar-refractivity contribution is 5.69. The number of rotatable bonds is 6. The summed E-state index contributed by atoms with van der Waals surface area (Å²) >= 11 is 0. The molecule has 0 spiro atoms. The van der Waals surface area contributed by atoms with Gasteiger partial charge < -0.3 is 4.74 Å². The van der Waals surface area contributed by atoms with Crippen molar-refractivity contribution in [3.63, 3.8) is 0 Å². The second kappa shape index (κ2) is 7.47. The van der Waals surface area contributed by atoms with Gasteiger partial charge in [0.25, 0.3) is 6.08 Å². The van der Waals surface area contributed by atoms with Gasteiger partial charge in [0.15, 0.2) is 0 Å². The standard InChI is InChI=1S/C10H16F2O2/c1-3-14-9(13)7-5-4-6-8(2)10(11)12/h3-7H2,1-2H3. The summed E-state index contributed by atoms with van der Waals surface area (Å²) in [5.74, 6) is -0.255. The third kappa shape index (κ3) is 6.57. The molecule has 4 heteroatoms. The van der Waals surface area contributed by atoms with Gasteiger partial charge in [0.05, 0.1) is 6.61 Å². The lowest BCUT2D eigenvalue weighted by molar-refractivity contribution is -0.143. The highest BCUT2D eigenvalue weighted by atomic mass is 19.3. The molecule has 0 aromatic carbocycles. The third-order valence-electron chi connectivity index (χ3n) is 1.81. The summed E-state index contributed by atoms with van der Waals surface area (Å²) in [7, 11) is 0. The van der Waals surface area contributed by atoms with Crippen LogP contribution in [0.5, 0.6) is 0 Å². The Morgan fingerprint density at radius 1 is 1.21 bits per heavy atom. The first-order valence-corrected chi connectivity index (χ1v) is 4.74. The molecule has 0 amide bonds. The maximum atomic E-state index is 11.9. The van der Waals surface area contributed by atoms with Crippen molar-refractivity contribution in [3.05, 3.63) is 11.7 Å². The van der Waals surface area contributed by atoms with Crippen LogP contribution in [0.1, 0.15) is 39.5 Å². The number of ether oxygens (including phenoxy) is 1. The zero-order valence-electron chi connectivity index (χ0n) is 8.61. The maximum Gasteiger partial charge on any atom is 0.305 e. The van der Waals surface area contributed by atoms with Gasteiger partial charge in [-0.05, 0) is 38.7 Å². The number of hydrogen-bond acceptors (Lipinski definition) is 2. The Kier molecular flexibility index (Phi) is 6.98. The van der Waals surface area contributed by atoms with Crippen LogP contribution in [0.15, 0.2) is 11.7 Å². The highest BCUT2D eigenvalue weighted by Crippen LogP contribution is 2.14. The fourth-order valence-electron chi connectivity index (χ4n) is 0.987. The average Bonchev–Trinajstić information content (AvgIpc) is 2.12. The van der Waals surface area contributed by atoms with Crippen LogP contribution < -0.4 is 0 Å². The van der Waals surface area contributed by atoms with E-state index in [1.54, 1.807) is 6.92 Å². The first-order chi connectivity index (χ1) is 6.57. The molecule has 0 aliphatic heterocycles. The smallest absolute Gasteiger partial charge is 0.305 e. The van der Waals surface area contributed by atoms with Crippen LogP contribution in [0.3, 0.4) is 0 Å². The van der Waals surface area contributed by atoms with Crippen molar-refractivity contribution in [2.24, 2.45) is 0 Å². The molecule has 0 aliphatic rings. The van der Waals surface area contributed by atoms with E-state index in [1.165, 1.54) is 6.92 Å². The Morgan fingerprint density at radius 3 is 2.29 bits per heavy atom. The van der Waals surface area contributed by atoms with Crippen molar-refractivity contribution >= 4 is 5.97 Å². The maximum absolute atomic E-state index is 11.9. The summed E-state index contributed by atoms with van der Waals surface area (Å²) in [5, 5.41) is 0. The zero-order valence-corrected chi connectivity index (χ0v) is 8.61. The molecule has 2 nitrogen and oxygen atoms in total. The van der Waals surface area contributed by atoms with Crippen molar-refractivity contribution in [3.8, 4) is 0 Å². The van der Waals surface area contributed by atoms with E-state index in [2.05, 4.69) is 0 Å². The topological polar surface area (TPSA) is 26.3 Å². The van der Waals surface area contributed by atoms with Gasteiger partial charge >= 0.3 is 5.97 Å². The molecule has 0 aromatic rings. The summed E-state index contributed by atoms with van der Waals surface area (Å²) < 4.78 is 28.5. The minimum atomic E-state index is -1.61. The number of hydrogen-bond donors (Lipinski definition) is 0. The van der Waals surface area contributed by atoms with E-state index in [0.717, 1.165) is 0 Å². The van der Waals surface area contributed by atoms with Crippen LogP contribution in [-0.2, 0) is 9.53 Å². The molecular formula is C10H16F2O2. The quantitative estimate of drug-likeness (QED) is 0.492. The number of allylic oxidation sites excluding steroid dienone is 1. The van der Waals surface area contributed by atoms with Crippen LogP contribution in [0, 0.1) is 0 Å². The van der Waals surface area contributed by atoms with Gasteiger partial charge in [-0.25, -0.2) is 0 Å². The van der Waals surface area contributed by atoms with Crippen molar-refractivity contribution < 1.29 is 18.3 Å². The zero-order chi connectivity index (χ0) is 11.0. The van der Waals surface area contributed by atoms with Gasteiger partial charge in [0.1, 0.15) is 0 Å². The molecule has 0 unspecified atom stereocenters. The second-order valence-electron chi connectivity index (χ2n) is 3.05. The van der Waals surface area contributed by atoms with Crippen molar-refractivity contribution in [1.82, 2.24) is 0 Å². The number of carbonyl (C=O) groups excluding carboxylic acids is 1. The number of unbranched alkanes of at least 4 members (excludes halogenated alkanes) is 1. The normalized spacial score (nSPS) is 9.71. The van der Waals surface area contributed by atoms with E-state index in [0.29, 0.717) is 32.3 Å². The molecule has 0 bridgehead atoms. The second-order valence-corrected chi connectivity index (χ2v) is 3.05. The summed E-state index contributed by atoms with van der Waals surface area (Å²) in [6, 6.07) is 0. The lowest BCUT2D eigenvalue weighted by atomic mass is 10.1. The molecule has 0 heterocycles. The monoisotopic (exact) mass is 206 g/mol. The molecule has 0 rings (SSSR count). The van der Waals surface area contributed by atoms with Crippen LogP contribution in [-0.4, -0.2) is 12.6 Å². The summed E-state index contributed by atoms with van der Waals surface area (Å²) in [5.41, 5.74) is 0.105. The predicted molar refractivity (Wildman–Crippen MR) is 50.0 cm³/mol.